The lowest BCUT2D eigenvalue weighted by atomic mass is 9.99. The molecule has 0 unspecified atom stereocenters. The molecule has 0 heterocycles. The van der Waals surface area contributed by atoms with Crippen molar-refractivity contribution in [2.75, 3.05) is 0 Å². The minimum absolute atomic E-state index is 0.0245. The van der Waals surface area contributed by atoms with Crippen LogP contribution >= 0.6 is 0 Å². The first-order valence-corrected chi connectivity index (χ1v) is 15.0. The molecule has 5 N–H and O–H groups in total. The molecule has 9 nitrogen and oxygen atoms in total. The molecule has 0 saturated carbocycles. The Labute approximate surface area is 246 Å². The maximum atomic E-state index is 12.2. The highest BCUT2D eigenvalue weighted by molar-refractivity contribution is 5.80. The summed E-state index contributed by atoms with van der Waals surface area (Å²) in [5.74, 6) is -1.49. The van der Waals surface area contributed by atoms with Crippen molar-refractivity contribution in [1.29, 1.82) is 0 Å². The van der Waals surface area contributed by atoms with Crippen LogP contribution in [0.2, 0.25) is 0 Å². The first-order chi connectivity index (χ1) is 19.4. The van der Waals surface area contributed by atoms with E-state index in [1.165, 1.54) is 25.3 Å². The van der Waals surface area contributed by atoms with Gasteiger partial charge in [-0.3, -0.25) is 0 Å². The Kier molecular flexibility index (Phi) is 18.2. The van der Waals surface area contributed by atoms with E-state index in [1.807, 2.05) is 30.3 Å². The number of ether oxygens (including phenoxy) is 2. The third kappa shape index (κ3) is 17.2. The third-order valence-corrected chi connectivity index (χ3v) is 6.62. The quantitative estimate of drug-likeness (QED) is 0.0948. The Hall–Kier alpha value is -2.46. The molecule has 0 bridgehead atoms. The summed E-state index contributed by atoms with van der Waals surface area (Å²) in [6, 6.07) is 7.33. The molecule has 5 atom stereocenters. The van der Waals surface area contributed by atoms with E-state index >= 15 is 0 Å². The van der Waals surface area contributed by atoms with Crippen molar-refractivity contribution in [3.05, 3.63) is 48.0 Å². The Balaban J connectivity index is 2.67. The predicted octanol–water partition coefficient (Wildman–Crippen LogP) is 5.50. The summed E-state index contributed by atoms with van der Waals surface area (Å²) < 4.78 is 11.0. The maximum absolute atomic E-state index is 12.2. The number of carbonyl (C=O) groups is 2. The minimum Gasteiger partial charge on any atom is -0.480 e. The van der Waals surface area contributed by atoms with Crippen LogP contribution in [0.4, 0.5) is 4.79 Å². The van der Waals surface area contributed by atoms with E-state index in [0.717, 1.165) is 50.5 Å². The number of carboxylic acids is 1. The first-order valence-electron chi connectivity index (χ1n) is 15.0. The van der Waals surface area contributed by atoms with Gasteiger partial charge in [0.05, 0.1) is 12.7 Å². The van der Waals surface area contributed by atoms with Crippen LogP contribution in [0.1, 0.15) is 104 Å². The monoisotopic (exact) mass is 579 g/mol. The van der Waals surface area contributed by atoms with E-state index in [9.17, 15) is 30.0 Å². The van der Waals surface area contributed by atoms with Gasteiger partial charge in [0.25, 0.3) is 0 Å². The average Bonchev–Trinajstić information content (AvgIpc) is 2.90. The Morgan fingerprint density at radius 3 is 2.12 bits per heavy atom. The van der Waals surface area contributed by atoms with Crippen molar-refractivity contribution in [2.24, 2.45) is 0 Å². The van der Waals surface area contributed by atoms with Crippen LogP contribution in [0.15, 0.2) is 42.5 Å². The number of aliphatic carboxylic acids is 1. The molecule has 1 rings (SSSR count). The number of aliphatic hydroxyl groups excluding tert-OH is 3. The molecule has 1 aromatic carbocycles. The van der Waals surface area contributed by atoms with Gasteiger partial charge < -0.3 is 35.2 Å². The van der Waals surface area contributed by atoms with E-state index in [0.29, 0.717) is 6.42 Å². The molecule has 9 heteroatoms. The van der Waals surface area contributed by atoms with E-state index in [1.54, 1.807) is 26.8 Å². The van der Waals surface area contributed by atoms with Gasteiger partial charge in [0.1, 0.15) is 23.9 Å². The Morgan fingerprint density at radius 1 is 0.927 bits per heavy atom. The van der Waals surface area contributed by atoms with Gasteiger partial charge in [0.2, 0.25) is 0 Å². The van der Waals surface area contributed by atoms with Crippen molar-refractivity contribution in [3.63, 3.8) is 0 Å². The lowest BCUT2D eigenvalue weighted by Gasteiger charge is -2.31. The normalized spacial score (nSPS) is 15.7. The fraction of sp³-hybridized carbons (Fsp3) is 0.688. The summed E-state index contributed by atoms with van der Waals surface area (Å²) in [6.07, 6.45) is 8.56. The number of amides is 1. The number of hydrogen-bond donors (Lipinski definition) is 5. The highest BCUT2D eigenvalue weighted by Crippen LogP contribution is 2.17. The molecule has 234 valence electrons. The highest BCUT2D eigenvalue weighted by Gasteiger charge is 2.38. The van der Waals surface area contributed by atoms with Crippen LogP contribution < -0.4 is 5.32 Å². The van der Waals surface area contributed by atoms with Gasteiger partial charge in [-0.1, -0.05) is 94.4 Å². The lowest BCUT2D eigenvalue weighted by molar-refractivity contribution is -0.150. The Morgan fingerprint density at radius 2 is 1.54 bits per heavy atom. The molecule has 0 aliphatic carbocycles. The molecule has 0 spiro atoms. The first kappa shape index (κ1) is 36.6. The second-order valence-electron chi connectivity index (χ2n) is 11.6. The molecule has 0 aliphatic rings. The standard InChI is InChI=1S/C32H53NO8/c1-5-6-7-15-20-25(34)21-16-10-8-9-11-17-22-26(35)29(40-23-24-18-13-12-14-19-24)28(36)27(30(37)38)33-31(39)41-32(2,3)4/h12-14,17-19,22,25-29,34-36H,5-11,15-16,20-21,23H2,1-4H3,(H,33,39)(H,37,38)/b22-17+/t25-,26+,27+,28-,29-/m1/s1. The van der Waals surface area contributed by atoms with Crippen LogP contribution in [0.3, 0.4) is 0 Å². The van der Waals surface area contributed by atoms with Gasteiger partial charge in [-0.2, -0.15) is 0 Å². The third-order valence-electron chi connectivity index (χ3n) is 6.62. The number of nitrogens with one attached hydrogen (secondary N) is 1. The number of carboxylic acid groups (broad SMARTS) is 1. The van der Waals surface area contributed by atoms with Crippen LogP contribution in [-0.4, -0.2) is 68.5 Å². The molecule has 1 amide bonds. The largest absolute Gasteiger partial charge is 0.480 e. The van der Waals surface area contributed by atoms with E-state index < -0.39 is 42.0 Å². The molecular formula is C32H53NO8. The molecule has 0 aromatic heterocycles. The second kappa shape index (κ2) is 20.4. The zero-order valence-corrected chi connectivity index (χ0v) is 25.3. The highest BCUT2D eigenvalue weighted by atomic mass is 16.6. The van der Waals surface area contributed by atoms with E-state index in [4.69, 9.17) is 9.47 Å². The van der Waals surface area contributed by atoms with Gasteiger partial charge in [-0.15, -0.1) is 0 Å². The van der Waals surface area contributed by atoms with E-state index in [-0.39, 0.29) is 12.7 Å². The number of aliphatic hydroxyl groups is 3. The van der Waals surface area contributed by atoms with Crippen molar-refractivity contribution >= 4 is 12.1 Å². The van der Waals surface area contributed by atoms with Gasteiger partial charge in [-0.05, 0) is 52.0 Å². The minimum atomic E-state index is -1.77. The number of benzene rings is 1. The molecule has 0 radical (unpaired) electrons. The predicted molar refractivity (Wildman–Crippen MR) is 159 cm³/mol. The fourth-order valence-corrected chi connectivity index (χ4v) is 4.38. The van der Waals surface area contributed by atoms with Crippen molar-refractivity contribution in [2.45, 2.75) is 141 Å². The number of unbranched alkanes of at least 4 members (excludes halogenated alkanes) is 7. The summed E-state index contributed by atoms with van der Waals surface area (Å²) in [5, 5.41) is 43.8. The number of carbonyl (C=O) groups excluding carboxylic acids is 1. The number of rotatable bonds is 21. The van der Waals surface area contributed by atoms with Crippen molar-refractivity contribution in [1.82, 2.24) is 5.32 Å². The van der Waals surface area contributed by atoms with Gasteiger partial charge in [0.15, 0.2) is 6.04 Å². The number of hydrogen-bond acceptors (Lipinski definition) is 7. The van der Waals surface area contributed by atoms with Crippen LogP contribution in [0.5, 0.6) is 0 Å². The summed E-state index contributed by atoms with van der Waals surface area (Å²) in [6.45, 7) is 7.11. The average molecular weight is 580 g/mol. The maximum Gasteiger partial charge on any atom is 0.408 e. The van der Waals surface area contributed by atoms with Gasteiger partial charge >= 0.3 is 12.1 Å². The molecule has 1 aromatic rings. The van der Waals surface area contributed by atoms with Crippen LogP contribution in [-0.2, 0) is 20.9 Å². The van der Waals surface area contributed by atoms with Crippen molar-refractivity contribution in [3.8, 4) is 0 Å². The molecule has 0 aliphatic heterocycles. The van der Waals surface area contributed by atoms with Crippen molar-refractivity contribution < 1.29 is 39.5 Å². The smallest absolute Gasteiger partial charge is 0.408 e. The summed E-state index contributed by atoms with van der Waals surface area (Å²) in [5.41, 5.74) is -0.0867. The van der Waals surface area contributed by atoms with Gasteiger partial charge in [0, 0.05) is 0 Å². The SMILES string of the molecule is CCCCCC[C@@H](O)CCCCCC/C=C/[C@H](O)[C@@H](OCc1ccccc1)[C@H](O)[C@H](NC(=O)OC(C)(C)C)C(=O)O. The fourth-order valence-electron chi connectivity index (χ4n) is 4.38. The molecule has 0 fully saturated rings. The summed E-state index contributed by atoms with van der Waals surface area (Å²) >= 11 is 0. The number of alkyl carbamates (subject to hydrolysis) is 1. The second-order valence-corrected chi connectivity index (χ2v) is 11.6. The topological polar surface area (TPSA) is 146 Å². The van der Waals surface area contributed by atoms with Crippen LogP contribution in [0.25, 0.3) is 0 Å². The molecule has 41 heavy (non-hydrogen) atoms. The Bertz CT molecular complexity index is 870. The van der Waals surface area contributed by atoms with E-state index in [2.05, 4.69) is 12.2 Å². The van der Waals surface area contributed by atoms with Gasteiger partial charge in [-0.25, -0.2) is 9.59 Å². The van der Waals surface area contributed by atoms with Crippen LogP contribution in [0, 0.1) is 0 Å². The molecular weight excluding hydrogens is 526 g/mol. The lowest BCUT2D eigenvalue weighted by Crippen LogP contribution is -2.56. The number of allylic oxidation sites excluding steroid dienone is 1. The molecule has 0 saturated heterocycles. The summed E-state index contributed by atoms with van der Waals surface area (Å²) in [4.78, 5) is 24.2. The zero-order valence-electron chi connectivity index (χ0n) is 25.3. The zero-order chi connectivity index (χ0) is 30.7. The summed E-state index contributed by atoms with van der Waals surface area (Å²) in [7, 11) is 0.